The third-order valence-electron chi connectivity index (χ3n) is 3.40. The summed E-state index contributed by atoms with van der Waals surface area (Å²) in [4.78, 5) is 0. The van der Waals surface area contributed by atoms with Gasteiger partial charge in [0.15, 0.2) is 0 Å². The highest BCUT2D eigenvalue weighted by atomic mass is 35.5. The molecule has 0 N–H and O–H groups in total. The lowest BCUT2D eigenvalue weighted by atomic mass is 9.75. The minimum atomic E-state index is -0.444. The van der Waals surface area contributed by atoms with Crippen molar-refractivity contribution in [2.75, 3.05) is 0 Å². The predicted molar refractivity (Wildman–Crippen MR) is 85.8 cm³/mol. The smallest absolute Gasteiger partial charge is 0.165 e. The molecule has 0 nitrogen and oxygen atoms in total. The average Bonchev–Trinajstić information content (AvgIpc) is 2.26. The van der Waals surface area contributed by atoms with Crippen molar-refractivity contribution < 1.29 is 0 Å². The second-order valence-electron chi connectivity index (χ2n) is 5.88. The molecule has 100 valence electrons. The van der Waals surface area contributed by atoms with Crippen molar-refractivity contribution in [1.82, 2.24) is 0 Å². The van der Waals surface area contributed by atoms with E-state index in [0.717, 1.165) is 5.46 Å². The monoisotopic (exact) mass is 284 g/mol. The van der Waals surface area contributed by atoms with E-state index in [2.05, 4.69) is 53.7 Å². The molecule has 0 aliphatic carbocycles. The standard InChI is InChI=1S/C15H23BCl2/c1-9(2)12-7-13(10(3)4)15(16(17)18)14(8-12)11(5)6/h7-11H,1-6H3. The summed E-state index contributed by atoms with van der Waals surface area (Å²) >= 11 is 12.4. The van der Waals surface area contributed by atoms with Crippen LogP contribution in [-0.2, 0) is 0 Å². The molecular formula is C15H23BCl2. The Morgan fingerprint density at radius 1 is 0.778 bits per heavy atom. The van der Waals surface area contributed by atoms with E-state index in [1.54, 1.807) is 0 Å². The van der Waals surface area contributed by atoms with Crippen molar-refractivity contribution in [3.8, 4) is 0 Å². The van der Waals surface area contributed by atoms with E-state index in [1.165, 1.54) is 16.7 Å². The lowest BCUT2D eigenvalue weighted by Gasteiger charge is -2.22. The van der Waals surface area contributed by atoms with Crippen LogP contribution in [0.4, 0.5) is 0 Å². The van der Waals surface area contributed by atoms with E-state index in [9.17, 15) is 0 Å². The molecule has 3 heteroatoms. The van der Waals surface area contributed by atoms with Crippen LogP contribution in [-0.4, -0.2) is 5.54 Å². The zero-order valence-electron chi connectivity index (χ0n) is 12.2. The van der Waals surface area contributed by atoms with Gasteiger partial charge in [0.2, 0.25) is 0 Å². The maximum absolute atomic E-state index is 6.20. The fraction of sp³-hybridized carbons (Fsp3) is 0.600. The van der Waals surface area contributed by atoms with Crippen LogP contribution in [0.3, 0.4) is 0 Å². The summed E-state index contributed by atoms with van der Waals surface area (Å²) in [6.45, 7) is 13.2. The van der Waals surface area contributed by atoms with Gasteiger partial charge in [-0.25, -0.2) is 0 Å². The first-order valence-electron chi connectivity index (χ1n) is 6.71. The molecule has 1 aromatic carbocycles. The quantitative estimate of drug-likeness (QED) is 0.664. The Morgan fingerprint density at radius 2 is 1.17 bits per heavy atom. The lowest BCUT2D eigenvalue weighted by molar-refractivity contribution is 0.813. The molecule has 0 saturated heterocycles. The predicted octanol–water partition coefficient (Wildman–Crippen LogP) is 5.23. The van der Waals surface area contributed by atoms with Gasteiger partial charge in [-0.15, -0.1) is 0 Å². The molecule has 18 heavy (non-hydrogen) atoms. The second-order valence-corrected chi connectivity index (χ2v) is 6.97. The summed E-state index contributed by atoms with van der Waals surface area (Å²) < 4.78 is 0. The Balaban J connectivity index is 3.55. The highest BCUT2D eigenvalue weighted by Crippen LogP contribution is 2.27. The summed E-state index contributed by atoms with van der Waals surface area (Å²) in [5.74, 6) is 1.41. The number of hydrogen-bond donors (Lipinski definition) is 0. The van der Waals surface area contributed by atoms with E-state index < -0.39 is 5.54 Å². The maximum Gasteiger partial charge on any atom is 0.383 e. The Hall–Kier alpha value is -0.135. The summed E-state index contributed by atoms with van der Waals surface area (Å²) in [5.41, 5.74) is 4.63. The Bertz CT molecular complexity index is 380. The van der Waals surface area contributed by atoms with Crippen LogP contribution >= 0.6 is 22.9 Å². The van der Waals surface area contributed by atoms with Crippen LogP contribution in [0.15, 0.2) is 12.1 Å². The molecule has 0 heterocycles. The molecular weight excluding hydrogens is 262 g/mol. The Morgan fingerprint density at radius 3 is 1.39 bits per heavy atom. The van der Waals surface area contributed by atoms with Crippen LogP contribution < -0.4 is 5.46 Å². The molecule has 0 unspecified atom stereocenters. The third-order valence-corrected chi connectivity index (χ3v) is 3.83. The Labute approximate surface area is 122 Å². The molecule has 1 rings (SSSR count). The number of halogens is 2. The van der Waals surface area contributed by atoms with E-state index in [-0.39, 0.29) is 0 Å². The molecule has 1 aromatic rings. The van der Waals surface area contributed by atoms with Crippen molar-refractivity contribution in [1.29, 1.82) is 0 Å². The minimum Gasteiger partial charge on any atom is -0.165 e. The lowest BCUT2D eigenvalue weighted by Crippen LogP contribution is -2.29. The second kappa shape index (κ2) is 6.35. The molecule has 0 spiro atoms. The van der Waals surface area contributed by atoms with Crippen molar-refractivity contribution >= 4 is 33.9 Å². The van der Waals surface area contributed by atoms with Crippen LogP contribution in [0.5, 0.6) is 0 Å². The molecule has 0 fully saturated rings. The summed E-state index contributed by atoms with van der Waals surface area (Å²) in [5, 5.41) is 0. The van der Waals surface area contributed by atoms with Crippen molar-refractivity contribution in [3.63, 3.8) is 0 Å². The molecule has 0 saturated carbocycles. The van der Waals surface area contributed by atoms with Gasteiger partial charge in [0.05, 0.1) is 0 Å². The van der Waals surface area contributed by atoms with Gasteiger partial charge in [-0.1, -0.05) is 53.7 Å². The third kappa shape index (κ3) is 3.45. The van der Waals surface area contributed by atoms with Crippen LogP contribution in [0.25, 0.3) is 0 Å². The molecule has 0 aliphatic rings. The molecule has 0 amide bonds. The summed E-state index contributed by atoms with van der Waals surface area (Å²) in [6, 6.07) is 4.54. The number of rotatable bonds is 4. The molecule has 0 bridgehead atoms. The van der Waals surface area contributed by atoms with Gasteiger partial charge >= 0.3 is 5.54 Å². The number of hydrogen-bond acceptors (Lipinski definition) is 0. The van der Waals surface area contributed by atoms with Gasteiger partial charge in [-0.05, 0) is 39.9 Å². The van der Waals surface area contributed by atoms with Crippen molar-refractivity contribution in [2.24, 2.45) is 0 Å². The first kappa shape index (κ1) is 15.9. The summed E-state index contributed by atoms with van der Waals surface area (Å²) in [7, 11) is 0. The van der Waals surface area contributed by atoms with Gasteiger partial charge in [0.1, 0.15) is 0 Å². The van der Waals surface area contributed by atoms with E-state index in [4.69, 9.17) is 22.9 Å². The maximum atomic E-state index is 6.20. The fourth-order valence-electron chi connectivity index (χ4n) is 2.26. The van der Waals surface area contributed by atoms with E-state index in [0.29, 0.717) is 17.8 Å². The molecule has 0 aromatic heterocycles. The largest absolute Gasteiger partial charge is 0.383 e. The van der Waals surface area contributed by atoms with Gasteiger partial charge in [-0.3, -0.25) is 0 Å². The highest BCUT2D eigenvalue weighted by molar-refractivity contribution is 7.39. The normalized spacial score (nSPS) is 11.7. The molecule has 0 aliphatic heterocycles. The zero-order chi connectivity index (χ0) is 14.0. The average molecular weight is 285 g/mol. The van der Waals surface area contributed by atoms with Crippen LogP contribution in [0.2, 0.25) is 0 Å². The number of benzene rings is 1. The highest BCUT2D eigenvalue weighted by Gasteiger charge is 2.23. The van der Waals surface area contributed by atoms with Crippen molar-refractivity contribution in [2.45, 2.75) is 59.3 Å². The first-order chi connectivity index (χ1) is 8.25. The zero-order valence-corrected chi connectivity index (χ0v) is 13.7. The molecule has 0 radical (unpaired) electrons. The van der Waals surface area contributed by atoms with E-state index in [1.807, 2.05) is 0 Å². The summed E-state index contributed by atoms with van der Waals surface area (Å²) in [6.07, 6.45) is 0. The van der Waals surface area contributed by atoms with Gasteiger partial charge in [0, 0.05) is 0 Å². The topological polar surface area (TPSA) is 0 Å². The van der Waals surface area contributed by atoms with Gasteiger partial charge in [0.25, 0.3) is 0 Å². The van der Waals surface area contributed by atoms with Crippen molar-refractivity contribution in [3.05, 3.63) is 28.8 Å². The first-order valence-corrected chi connectivity index (χ1v) is 7.58. The SMILES string of the molecule is CC(C)c1cc(C(C)C)c(B(Cl)Cl)c(C(C)C)c1. The van der Waals surface area contributed by atoms with Gasteiger partial charge in [-0.2, -0.15) is 22.9 Å². The van der Waals surface area contributed by atoms with Gasteiger partial charge < -0.3 is 0 Å². The van der Waals surface area contributed by atoms with E-state index >= 15 is 0 Å². The minimum absolute atomic E-state index is 0.441. The Kier molecular flexibility index (Phi) is 5.61. The van der Waals surface area contributed by atoms with Crippen LogP contribution in [0, 0.1) is 0 Å². The molecule has 0 atom stereocenters. The fourth-order valence-corrected chi connectivity index (χ4v) is 2.77. The van der Waals surface area contributed by atoms with Crippen LogP contribution in [0.1, 0.15) is 76.0 Å².